The summed E-state index contributed by atoms with van der Waals surface area (Å²) >= 11 is 6.53. The Kier molecular flexibility index (Phi) is 3.22. The van der Waals surface area contributed by atoms with E-state index in [1.165, 1.54) is 15.9 Å². The number of nitrogens with one attached hydrogen (secondary N) is 1. The molecule has 0 amide bonds. The van der Waals surface area contributed by atoms with Crippen molar-refractivity contribution in [2.45, 2.75) is 19.4 Å². The first-order valence-electron chi connectivity index (χ1n) is 5.02. The first-order chi connectivity index (χ1) is 7.69. The fourth-order valence-electron chi connectivity index (χ4n) is 1.68. The zero-order chi connectivity index (χ0) is 11.7. The van der Waals surface area contributed by atoms with Gasteiger partial charge in [-0.05, 0) is 30.1 Å². The van der Waals surface area contributed by atoms with Gasteiger partial charge >= 0.3 is 0 Å². The maximum Gasteiger partial charge on any atom is 0.272 e. The Morgan fingerprint density at radius 3 is 3.06 bits per heavy atom. The summed E-state index contributed by atoms with van der Waals surface area (Å²) < 4.78 is 2.49. The van der Waals surface area contributed by atoms with Gasteiger partial charge in [-0.15, -0.1) is 11.3 Å². The van der Waals surface area contributed by atoms with Gasteiger partial charge in [-0.25, -0.2) is 0 Å². The number of hydrogen-bond acceptors (Lipinski definition) is 4. The molecule has 2 aromatic heterocycles. The molecule has 0 saturated heterocycles. The van der Waals surface area contributed by atoms with Crippen LogP contribution in [-0.2, 0) is 0 Å². The Morgan fingerprint density at radius 2 is 2.44 bits per heavy atom. The topological polar surface area (TPSA) is 58.0 Å². The van der Waals surface area contributed by atoms with Crippen LogP contribution in [0.5, 0.6) is 0 Å². The van der Waals surface area contributed by atoms with E-state index in [0.717, 1.165) is 5.52 Å². The largest absolute Gasteiger partial charge is 0.394 e. The molecule has 4 nitrogen and oxygen atoms in total. The van der Waals surface area contributed by atoms with E-state index in [-0.39, 0.29) is 18.2 Å². The highest BCUT2D eigenvalue weighted by atomic mass is 32.1. The molecule has 2 rings (SSSR count). The van der Waals surface area contributed by atoms with E-state index < -0.39 is 0 Å². The van der Waals surface area contributed by atoms with Crippen molar-refractivity contribution >= 4 is 33.8 Å². The third kappa shape index (κ3) is 1.73. The summed E-state index contributed by atoms with van der Waals surface area (Å²) in [4.78, 5) is 15.2. The summed E-state index contributed by atoms with van der Waals surface area (Å²) in [6.07, 6.45) is 0.671. The van der Waals surface area contributed by atoms with Crippen molar-refractivity contribution in [1.29, 1.82) is 0 Å². The van der Waals surface area contributed by atoms with Crippen LogP contribution in [0, 0.1) is 4.77 Å². The number of thiophene rings is 1. The molecule has 2 heterocycles. The summed E-state index contributed by atoms with van der Waals surface area (Å²) in [5.41, 5.74) is 0.652. The standard InChI is InChI=1S/C10H12N2O2S2/c1-2-6(5-13)12-9(14)8-7(3-4-16-8)11-10(12)15/h3-4,6,13H,2,5H2,1H3,(H,11,15)/t6-/m1/s1. The number of rotatable bonds is 3. The highest BCUT2D eigenvalue weighted by Gasteiger charge is 2.13. The quantitative estimate of drug-likeness (QED) is 0.826. The first-order valence-corrected chi connectivity index (χ1v) is 6.30. The SMILES string of the molecule is CC[C@H](CO)n1c(=S)[nH]c2ccsc2c1=O. The number of nitrogens with zero attached hydrogens (tertiary/aromatic N) is 1. The molecule has 0 radical (unpaired) electrons. The number of aromatic nitrogens is 2. The molecule has 0 aliphatic heterocycles. The average Bonchev–Trinajstić information content (AvgIpc) is 2.72. The van der Waals surface area contributed by atoms with E-state index in [1.807, 2.05) is 18.4 Å². The second kappa shape index (κ2) is 4.48. The molecule has 0 spiro atoms. The van der Waals surface area contributed by atoms with Crippen molar-refractivity contribution in [1.82, 2.24) is 9.55 Å². The van der Waals surface area contributed by atoms with E-state index in [2.05, 4.69) is 4.98 Å². The summed E-state index contributed by atoms with van der Waals surface area (Å²) in [7, 11) is 0. The second-order valence-corrected chi connectivity index (χ2v) is 4.82. The van der Waals surface area contributed by atoms with Gasteiger partial charge < -0.3 is 10.1 Å². The van der Waals surface area contributed by atoms with Gasteiger partial charge in [-0.1, -0.05) is 6.92 Å². The lowest BCUT2D eigenvalue weighted by molar-refractivity contribution is 0.220. The summed E-state index contributed by atoms with van der Waals surface area (Å²) in [6, 6.07) is 1.59. The van der Waals surface area contributed by atoms with Crippen molar-refractivity contribution in [3.8, 4) is 0 Å². The minimum absolute atomic E-state index is 0.0786. The van der Waals surface area contributed by atoms with Crippen LogP contribution in [-0.4, -0.2) is 21.3 Å². The van der Waals surface area contributed by atoms with Gasteiger partial charge in [0.1, 0.15) is 4.70 Å². The molecule has 0 saturated carbocycles. The molecule has 2 aromatic rings. The predicted molar refractivity (Wildman–Crippen MR) is 67.7 cm³/mol. The lowest BCUT2D eigenvalue weighted by Crippen LogP contribution is -2.27. The van der Waals surface area contributed by atoms with Crippen LogP contribution in [0.3, 0.4) is 0 Å². The van der Waals surface area contributed by atoms with Gasteiger partial charge in [-0.3, -0.25) is 9.36 Å². The van der Waals surface area contributed by atoms with Crippen molar-refractivity contribution in [2.75, 3.05) is 6.61 Å². The van der Waals surface area contributed by atoms with Crippen molar-refractivity contribution in [2.24, 2.45) is 0 Å². The Morgan fingerprint density at radius 1 is 1.69 bits per heavy atom. The molecule has 0 aromatic carbocycles. The fraction of sp³-hybridized carbons (Fsp3) is 0.400. The van der Waals surface area contributed by atoms with E-state index in [4.69, 9.17) is 12.2 Å². The summed E-state index contributed by atoms with van der Waals surface area (Å²) in [5.74, 6) is 0. The average molecular weight is 256 g/mol. The minimum atomic E-state index is -0.247. The number of hydrogen-bond donors (Lipinski definition) is 2. The van der Waals surface area contributed by atoms with Crippen LogP contribution in [0.1, 0.15) is 19.4 Å². The smallest absolute Gasteiger partial charge is 0.272 e. The summed E-state index contributed by atoms with van der Waals surface area (Å²) in [6.45, 7) is 1.84. The zero-order valence-corrected chi connectivity index (χ0v) is 10.4. The Hall–Kier alpha value is -0.980. The molecule has 1 atom stereocenters. The van der Waals surface area contributed by atoms with Crippen LogP contribution in [0.25, 0.3) is 10.2 Å². The van der Waals surface area contributed by atoms with Crippen LogP contribution in [0.15, 0.2) is 16.2 Å². The molecule has 0 bridgehead atoms. The van der Waals surface area contributed by atoms with Crippen molar-refractivity contribution in [3.05, 3.63) is 26.6 Å². The molecule has 86 valence electrons. The predicted octanol–water partition coefficient (Wildman–Crippen LogP) is 2.06. The van der Waals surface area contributed by atoms with Gasteiger partial charge in [0.15, 0.2) is 4.77 Å². The van der Waals surface area contributed by atoms with Gasteiger partial charge in [0.25, 0.3) is 5.56 Å². The second-order valence-electron chi connectivity index (χ2n) is 3.51. The normalized spacial score (nSPS) is 13.1. The molecule has 16 heavy (non-hydrogen) atoms. The van der Waals surface area contributed by atoms with E-state index >= 15 is 0 Å². The molecule has 0 fully saturated rings. The molecule has 0 unspecified atom stereocenters. The van der Waals surface area contributed by atoms with E-state index in [0.29, 0.717) is 15.9 Å². The molecule has 2 N–H and O–H groups in total. The number of aromatic amines is 1. The monoisotopic (exact) mass is 256 g/mol. The van der Waals surface area contributed by atoms with Crippen LogP contribution >= 0.6 is 23.6 Å². The minimum Gasteiger partial charge on any atom is -0.394 e. The van der Waals surface area contributed by atoms with Crippen LogP contribution < -0.4 is 5.56 Å². The third-order valence-corrected chi connectivity index (χ3v) is 3.79. The number of aliphatic hydroxyl groups excluding tert-OH is 1. The fourth-order valence-corrected chi connectivity index (χ4v) is 2.80. The Bertz CT molecular complexity index is 607. The maximum atomic E-state index is 12.1. The Balaban J connectivity index is 2.78. The van der Waals surface area contributed by atoms with E-state index in [1.54, 1.807) is 0 Å². The van der Waals surface area contributed by atoms with Gasteiger partial charge in [0.05, 0.1) is 18.2 Å². The maximum absolute atomic E-state index is 12.1. The molecular weight excluding hydrogens is 244 g/mol. The number of fused-ring (bicyclic) bond motifs is 1. The number of H-pyrrole nitrogens is 1. The zero-order valence-electron chi connectivity index (χ0n) is 8.77. The van der Waals surface area contributed by atoms with Gasteiger partial charge in [0.2, 0.25) is 0 Å². The molecule has 0 aliphatic rings. The lowest BCUT2D eigenvalue weighted by Gasteiger charge is -2.15. The highest BCUT2D eigenvalue weighted by molar-refractivity contribution is 7.71. The Labute approximate surface area is 101 Å². The van der Waals surface area contributed by atoms with Gasteiger partial charge in [-0.2, -0.15) is 0 Å². The molecule has 6 heteroatoms. The lowest BCUT2D eigenvalue weighted by atomic mass is 10.2. The number of aliphatic hydroxyl groups is 1. The van der Waals surface area contributed by atoms with Crippen LogP contribution in [0.4, 0.5) is 0 Å². The molecular formula is C10H12N2O2S2. The third-order valence-electron chi connectivity index (χ3n) is 2.59. The molecule has 0 aliphatic carbocycles. The first kappa shape index (κ1) is 11.5. The summed E-state index contributed by atoms with van der Waals surface area (Å²) in [5, 5.41) is 11.1. The highest BCUT2D eigenvalue weighted by Crippen LogP contribution is 2.16. The van der Waals surface area contributed by atoms with Gasteiger partial charge in [0, 0.05) is 0 Å². The van der Waals surface area contributed by atoms with Crippen molar-refractivity contribution in [3.63, 3.8) is 0 Å². The van der Waals surface area contributed by atoms with Crippen molar-refractivity contribution < 1.29 is 5.11 Å². The van der Waals surface area contributed by atoms with Crippen LogP contribution in [0.2, 0.25) is 0 Å². The van der Waals surface area contributed by atoms with E-state index in [9.17, 15) is 9.90 Å².